The Morgan fingerprint density at radius 2 is 1.43 bits per heavy atom. The predicted molar refractivity (Wildman–Crippen MR) is 79.0 cm³/mol. The summed E-state index contributed by atoms with van der Waals surface area (Å²) in [6.45, 7) is 0. The van der Waals surface area contributed by atoms with E-state index in [1.165, 1.54) is 24.3 Å². The van der Waals surface area contributed by atoms with Crippen molar-refractivity contribution in [3.63, 3.8) is 0 Å². The lowest BCUT2D eigenvalue weighted by Crippen LogP contribution is -1.92. The molecule has 0 aliphatic carbocycles. The monoisotopic (exact) mass is 300 g/mol. The Morgan fingerprint density at radius 3 is 2.05 bits per heavy atom. The maximum absolute atomic E-state index is 12.8. The minimum atomic E-state index is -0.318. The molecule has 0 saturated heterocycles. The van der Waals surface area contributed by atoms with Crippen molar-refractivity contribution in [3.8, 4) is 22.9 Å². The standard InChI is InChI=1S/C16H10ClFN2O/c17-13-3-1-11(2-4-13)12-9-19-16(20-10-12)21-15-7-5-14(18)6-8-15/h1-10H. The summed E-state index contributed by atoms with van der Waals surface area (Å²) >= 11 is 5.85. The van der Waals surface area contributed by atoms with Crippen LogP contribution in [-0.2, 0) is 0 Å². The lowest BCUT2D eigenvalue weighted by Gasteiger charge is -2.05. The summed E-state index contributed by atoms with van der Waals surface area (Å²) in [4.78, 5) is 8.27. The molecule has 1 heterocycles. The second-order valence-electron chi connectivity index (χ2n) is 4.32. The molecule has 0 amide bonds. The molecule has 0 spiro atoms. The van der Waals surface area contributed by atoms with Crippen molar-refractivity contribution >= 4 is 11.6 Å². The van der Waals surface area contributed by atoms with Gasteiger partial charge in [-0.1, -0.05) is 23.7 Å². The normalized spacial score (nSPS) is 10.4. The Bertz CT molecular complexity index is 728. The molecule has 0 unspecified atom stereocenters. The quantitative estimate of drug-likeness (QED) is 0.701. The van der Waals surface area contributed by atoms with Gasteiger partial charge in [-0.2, -0.15) is 0 Å². The third kappa shape index (κ3) is 3.35. The minimum absolute atomic E-state index is 0.208. The van der Waals surface area contributed by atoms with E-state index in [9.17, 15) is 4.39 Å². The van der Waals surface area contributed by atoms with Crippen molar-refractivity contribution < 1.29 is 9.13 Å². The molecule has 0 aliphatic heterocycles. The average molecular weight is 301 g/mol. The van der Waals surface area contributed by atoms with Crippen LogP contribution in [0.2, 0.25) is 5.02 Å². The fourth-order valence-electron chi connectivity index (χ4n) is 1.77. The van der Waals surface area contributed by atoms with Gasteiger partial charge in [0.15, 0.2) is 0 Å². The van der Waals surface area contributed by atoms with E-state index in [1.807, 2.05) is 12.1 Å². The zero-order valence-corrected chi connectivity index (χ0v) is 11.6. The molecule has 0 atom stereocenters. The van der Waals surface area contributed by atoms with Gasteiger partial charge >= 0.3 is 6.01 Å². The summed E-state index contributed by atoms with van der Waals surface area (Å²) in [6, 6.07) is 13.3. The molecule has 2 aromatic carbocycles. The van der Waals surface area contributed by atoms with E-state index in [0.717, 1.165) is 11.1 Å². The summed E-state index contributed by atoms with van der Waals surface area (Å²) in [6.07, 6.45) is 3.32. The molecule has 21 heavy (non-hydrogen) atoms. The van der Waals surface area contributed by atoms with Crippen molar-refractivity contribution in [1.29, 1.82) is 0 Å². The van der Waals surface area contributed by atoms with Gasteiger partial charge in [-0.15, -0.1) is 0 Å². The Kier molecular flexibility index (Phi) is 3.79. The number of halogens is 2. The van der Waals surface area contributed by atoms with Gasteiger partial charge in [-0.3, -0.25) is 0 Å². The lowest BCUT2D eigenvalue weighted by atomic mass is 10.1. The van der Waals surface area contributed by atoms with Crippen LogP contribution in [0.3, 0.4) is 0 Å². The first-order valence-electron chi connectivity index (χ1n) is 6.22. The van der Waals surface area contributed by atoms with E-state index in [-0.39, 0.29) is 11.8 Å². The zero-order valence-electron chi connectivity index (χ0n) is 10.8. The van der Waals surface area contributed by atoms with Crippen LogP contribution in [0.4, 0.5) is 4.39 Å². The molecule has 104 valence electrons. The molecular weight excluding hydrogens is 291 g/mol. The summed E-state index contributed by atoms with van der Waals surface area (Å²) in [5, 5.41) is 0.677. The molecular formula is C16H10ClFN2O. The summed E-state index contributed by atoms with van der Waals surface area (Å²) in [5.41, 5.74) is 1.82. The van der Waals surface area contributed by atoms with Crippen molar-refractivity contribution in [2.24, 2.45) is 0 Å². The first-order chi connectivity index (χ1) is 10.2. The second-order valence-corrected chi connectivity index (χ2v) is 4.75. The number of hydrogen-bond acceptors (Lipinski definition) is 3. The first kappa shape index (κ1) is 13.5. The van der Waals surface area contributed by atoms with Gasteiger partial charge in [0.2, 0.25) is 0 Å². The van der Waals surface area contributed by atoms with Crippen LogP contribution in [0, 0.1) is 5.82 Å². The van der Waals surface area contributed by atoms with Crippen LogP contribution in [0.1, 0.15) is 0 Å². The van der Waals surface area contributed by atoms with Crippen LogP contribution in [0.25, 0.3) is 11.1 Å². The van der Waals surface area contributed by atoms with Crippen molar-refractivity contribution in [2.45, 2.75) is 0 Å². The van der Waals surface area contributed by atoms with E-state index in [4.69, 9.17) is 16.3 Å². The molecule has 1 aromatic heterocycles. The van der Waals surface area contributed by atoms with E-state index in [1.54, 1.807) is 24.5 Å². The minimum Gasteiger partial charge on any atom is -0.424 e. The summed E-state index contributed by atoms with van der Waals surface area (Å²) < 4.78 is 18.2. The van der Waals surface area contributed by atoms with E-state index in [0.29, 0.717) is 10.8 Å². The lowest BCUT2D eigenvalue weighted by molar-refractivity contribution is 0.440. The topological polar surface area (TPSA) is 35.0 Å². The zero-order chi connectivity index (χ0) is 14.7. The number of hydrogen-bond donors (Lipinski definition) is 0. The molecule has 0 aliphatic rings. The summed E-state index contributed by atoms with van der Waals surface area (Å²) in [7, 11) is 0. The Hall–Kier alpha value is -2.46. The number of rotatable bonds is 3. The molecule has 5 heteroatoms. The van der Waals surface area contributed by atoms with Crippen LogP contribution in [0.15, 0.2) is 60.9 Å². The highest BCUT2D eigenvalue weighted by Gasteiger charge is 2.03. The molecule has 0 saturated carbocycles. The smallest absolute Gasteiger partial charge is 0.321 e. The number of benzene rings is 2. The van der Waals surface area contributed by atoms with Gasteiger partial charge in [0.05, 0.1) is 0 Å². The molecule has 3 nitrogen and oxygen atoms in total. The predicted octanol–water partition coefficient (Wildman–Crippen LogP) is 4.73. The highest BCUT2D eigenvalue weighted by molar-refractivity contribution is 6.30. The molecule has 3 aromatic rings. The molecule has 0 bridgehead atoms. The van der Waals surface area contributed by atoms with Gasteiger partial charge in [0, 0.05) is 23.0 Å². The highest BCUT2D eigenvalue weighted by atomic mass is 35.5. The van der Waals surface area contributed by atoms with Crippen molar-refractivity contribution in [2.75, 3.05) is 0 Å². The van der Waals surface area contributed by atoms with Crippen molar-refractivity contribution in [3.05, 3.63) is 71.8 Å². The van der Waals surface area contributed by atoms with E-state index < -0.39 is 0 Å². The van der Waals surface area contributed by atoms with Gasteiger partial charge in [-0.25, -0.2) is 14.4 Å². The number of ether oxygens (including phenoxy) is 1. The first-order valence-corrected chi connectivity index (χ1v) is 6.60. The molecule has 0 radical (unpaired) electrons. The van der Waals surface area contributed by atoms with Crippen LogP contribution < -0.4 is 4.74 Å². The van der Waals surface area contributed by atoms with Crippen LogP contribution in [0.5, 0.6) is 11.8 Å². The van der Waals surface area contributed by atoms with Gasteiger partial charge in [0.25, 0.3) is 0 Å². The fraction of sp³-hybridized carbons (Fsp3) is 0. The molecule has 0 N–H and O–H groups in total. The third-order valence-electron chi connectivity index (χ3n) is 2.83. The number of aromatic nitrogens is 2. The van der Waals surface area contributed by atoms with Crippen molar-refractivity contribution in [1.82, 2.24) is 9.97 Å². The van der Waals surface area contributed by atoms with Crippen LogP contribution in [-0.4, -0.2) is 9.97 Å². The maximum Gasteiger partial charge on any atom is 0.321 e. The Balaban J connectivity index is 1.77. The second kappa shape index (κ2) is 5.89. The van der Waals surface area contributed by atoms with Crippen LogP contribution >= 0.6 is 11.6 Å². The van der Waals surface area contributed by atoms with E-state index in [2.05, 4.69) is 9.97 Å². The van der Waals surface area contributed by atoms with Gasteiger partial charge in [-0.05, 0) is 42.0 Å². The fourth-order valence-corrected chi connectivity index (χ4v) is 1.89. The molecule has 0 fully saturated rings. The SMILES string of the molecule is Fc1ccc(Oc2ncc(-c3ccc(Cl)cc3)cn2)cc1. The van der Waals surface area contributed by atoms with Gasteiger partial charge in [0.1, 0.15) is 11.6 Å². The highest BCUT2D eigenvalue weighted by Crippen LogP contribution is 2.22. The van der Waals surface area contributed by atoms with Gasteiger partial charge < -0.3 is 4.74 Å². The maximum atomic E-state index is 12.8. The van der Waals surface area contributed by atoms with E-state index >= 15 is 0 Å². The molecule has 3 rings (SSSR count). The summed E-state index contributed by atoms with van der Waals surface area (Å²) in [5.74, 6) is 0.164. The largest absolute Gasteiger partial charge is 0.424 e. The average Bonchev–Trinajstić information content (AvgIpc) is 2.51. The number of nitrogens with zero attached hydrogens (tertiary/aromatic N) is 2. The Morgan fingerprint density at radius 1 is 0.810 bits per heavy atom. The third-order valence-corrected chi connectivity index (χ3v) is 3.08. The Labute approximate surface area is 126 Å².